The lowest BCUT2D eigenvalue weighted by Crippen LogP contribution is -2.11. The molecule has 1 aliphatic heterocycles. The second kappa shape index (κ2) is 4.82. The summed E-state index contributed by atoms with van der Waals surface area (Å²) >= 11 is 3.27. The van der Waals surface area contributed by atoms with Gasteiger partial charge in [0.2, 0.25) is 0 Å². The molecular weight excluding hydrogens is 297 g/mol. The lowest BCUT2D eigenvalue weighted by molar-refractivity contribution is 0.610. The van der Waals surface area contributed by atoms with Gasteiger partial charge in [0.15, 0.2) is 0 Å². The van der Waals surface area contributed by atoms with Crippen LogP contribution in [0.4, 0.5) is 4.39 Å². The Morgan fingerprint density at radius 3 is 3.06 bits per heavy atom. The van der Waals surface area contributed by atoms with E-state index in [2.05, 4.69) is 26.2 Å². The zero-order chi connectivity index (χ0) is 12.5. The summed E-state index contributed by atoms with van der Waals surface area (Å²) in [6, 6.07) is 5.09. The largest absolute Gasteiger partial charge is 0.316 e. The zero-order valence-corrected chi connectivity index (χ0v) is 11.3. The molecule has 1 fully saturated rings. The van der Waals surface area contributed by atoms with Crippen LogP contribution in [0.15, 0.2) is 35.2 Å². The molecule has 0 amide bonds. The van der Waals surface area contributed by atoms with Crippen molar-refractivity contribution in [2.45, 2.75) is 12.3 Å². The second-order valence-electron chi connectivity index (χ2n) is 4.47. The molecule has 5 heteroatoms. The molecule has 1 aromatic heterocycles. The van der Waals surface area contributed by atoms with Crippen molar-refractivity contribution in [1.29, 1.82) is 0 Å². The van der Waals surface area contributed by atoms with Crippen LogP contribution in [-0.2, 0) is 0 Å². The molecule has 1 atom stereocenters. The van der Waals surface area contributed by atoms with Crippen molar-refractivity contribution in [2.75, 3.05) is 13.1 Å². The minimum absolute atomic E-state index is 0.241. The average molecular weight is 310 g/mol. The molecule has 0 aliphatic carbocycles. The van der Waals surface area contributed by atoms with Crippen LogP contribution in [0.25, 0.3) is 5.69 Å². The van der Waals surface area contributed by atoms with Gasteiger partial charge in [-0.2, -0.15) is 0 Å². The Balaban J connectivity index is 2.03. The summed E-state index contributed by atoms with van der Waals surface area (Å²) in [5.74, 6) is 0.171. The standard InChI is InChI=1S/C13H13BrFN3/c14-10-1-2-12(11(15)5-10)18-8-17-7-13(18)9-3-4-16-6-9/h1-2,5,7-9,16H,3-4,6H2. The molecule has 1 unspecified atom stereocenters. The van der Waals surface area contributed by atoms with Crippen LogP contribution in [-0.4, -0.2) is 22.6 Å². The van der Waals surface area contributed by atoms with Gasteiger partial charge < -0.3 is 9.88 Å². The number of hydrogen-bond donors (Lipinski definition) is 1. The maximum Gasteiger partial charge on any atom is 0.148 e. The summed E-state index contributed by atoms with van der Waals surface area (Å²) in [7, 11) is 0. The van der Waals surface area contributed by atoms with Crippen molar-refractivity contribution in [3.05, 3.63) is 46.7 Å². The molecule has 94 valence electrons. The van der Waals surface area contributed by atoms with Gasteiger partial charge >= 0.3 is 0 Å². The molecule has 0 radical (unpaired) electrons. The smallest absolute Gasteiger partial charge is 0.148 e. The summed E-state index contributed by atoms with van der Waals surface area (Å²) in [5, 5.41) is 3.32. The minimum atomic E-state index is -0.241. The van der Waals surface area contributed by atoms with E-state index < -0.39 is 0 Å². The predicted molar refractivity (Wildman–Crippen MR) is 71.4 cm³/mol. The summed E-state index contributed by atoms with van der Waals surface area (Å²) in [6.07, 6.45) is 4.59. The topological polar surface area (TPSA) is 29.9 Å². The van der Waals surface area contributed by atoms with Gasteiger partial charge in [-0.05, 0) is 31.2 Å². The highest BCUT2D eigenvalue weighted by atomic mass is 79.9. The quantitative estimate of drug-likeness (QED) is 0.924. The fraction of sp³-hybridized carbons (Fsp3) is 0.308. The normalized spacial score (nSPS) is 19.3. The van der Waals surface area contributed by atoms with E-state index in [1.807, 2.05) is 16.8 Å². The van der Waals surface area contributed by atoms with Crippen molar-refractivity contribution in [2.24, 2.45) is 0 Å². The van der Waals surface area contributed by atoms with Gasteiger partial charge in [0.25, 0.3) is 0 Å². The molecule has 3 nitrogen and oxygen atoms in total. The minimum Gasteiger partial charge on any atom is -0.316 e. The fourth-order valence-corrected chi connectivity index (χ4v) is 2.73. The van der Waals surface area contributed by atoms with Gasteiger partial charge in [-0.1, -0.05) is 15.9 Å². The number of halogens is 2. The molecule has 1 saturated heterocycles. The summed E-state index contributed by atoms with van der Waals surface area (Å²) in [6.45, 7) is 1.95. The van der Waals surface area contributed by atoms with E-state index in [0.717, 1.165) is 29.7 Å². The molecular formula is C13H13BrFN3. The summed E-state index contributed by atoms with van der Waals surface area (Å²) in [4.78, 5) is 4.16. The first kappa shape index (κ1) is 11.9. The molecule has 0 saturated carbocycles. The molecule has 18 heavy (non-hydrogen) atoms. The van der Waals surface area contributed by atoms with E-state index in [4.69, 9.17) is 0 Å². The lowest BCUT2D eigenvalue weighted by atomic mass is 10.1. The van der Waals surface area contributed by atoms with Gasteiger partial charge in [0.1, 0.15) is 5.82 Å². The average Bonchev–Trinajstić information content (AvgIpc) is 2.98. The highest BCUT2D eigenvalue weighted by Crippen LogP contribution is 2.26. The third-order valence-corrected chi connectivity index (χ3v) is 3.81. The Labute approximate surface area is 113 Å². The number of nitrogens with one attached hydrogen (secondary N) is 1. The Hall–Kier alpha value is -1.20. The monoisotopic (exact) mass is 309 g/mol. The van der Waals surface area contributed by atoms with Gasteiger partial charge in [0, 0.05) is 28.8 Å². The summed E-state index contributed by atoms with van der Waals surface area (Å²) < 4.78 is 16.6. The third kappa shape index (κ3) is 2.08. The van der Waals surface area contributed by atoms with Gasteiger partial charge in [-0.15, -0.1) is 0 Å². The molecule has 1 N–H and O–H groups in total. The van der Waals surface area contributed by atoms with Crippen LogP contribution in [0.1, 0.15) is 18.0 Å². The van der Waals surface area contributed by atoms with Crippen LogP contribution in [0.5, 0.6) is 0 Å². The van der Waals surface area contributed by atoms with Crippen molar-refractivity contribution in [3.63, 3.8) is 0 Å². The number of rotatable bonds is 2. The third-order valence-electron chi connectivity index (χ3n) is 3.31. The first-order chi connectivity index (χ1) is 8.75. The molecule has 2 aromatic rings. The van der Waals surface area contributed by atoms with E-state index in [1.54, 1.807) is 12.4 Å². The van der Waals surface area contributed by atoms with Gasteiger partial charge in [-0.3, -0.25) is 0 Å². The zero-order valence-electron chi connectivity index (χ0n) is 9.74. The van der Waals surface area contributed by atoms with Crippen molar-refractivity contribution in [1.82, 2.24) is 14.9 Å². The van der Waals surface area contributed by atoms with Crippen LogP contribution in [0.2, 0.25) is 0 Å². The molecule has 2 heterocycles. The highest BCUT2D eigenvalue weighted by Gasteiger charge is 2.21. The van der Waals surface area contributed by atoms with Crippen molar-refractivity contribution >= 4 is 15.9 Å². The molecule has 1 aliphatic rings. The lowest BCUT2D eigenvalue weighted by Gasteiger charge is -2.13. The maximum atomic E-state index is 14.0. The van der Waals surface area contributed by atoms with E-state index >= 15 is 0 Å². The number of benzene rings is 1. The molecule has 0 spiro atoms. The van der Waals surface area contributed by atoms with Crippen LogP contribution in [0.3, 0.4) is 0 Å². The number of hydrogen-bond acceptors (Lipinski definition) is 2. The number of aromatic nitrogens is 2. The number of nitrogens with zero attached hydrogens (tertiary/aromatic N) is 2. The van der Waals surface area contributed by atoms with Gasteiger partial charge in [-0.25, -0.2) is 9.37 Å². The first-order valence-electron chi connectivity index (χ1n) is 5.94. The first-order valence-corrected chi connectivity index (χ1v) is 6.73. The fourth-order valence-electron chi connectivity index (χ4n) is 2.39. The van der Waals surface area contributed by atoms with Crippen molar-refractivity contribution in [3.8, 4) is 5.69 Å². The molecule has 3 rings (SSSR count). The number of imidazole rings is 1. The van der Waals surface area contributed by atoms with Crippen molar-refractivity contribution < 1.29 is 4.39 Å². The molecule has 0 bridgehead atoms. The van der Waals surface area contributed by atoms with Gasteiger partial charge in [0.05, 0.1) is 12.0 Å². The SMILES string of the molecule is Fc1cc(Br)ccc1-n1cncc1C1CCNC1. The van der Waals surface area contributed by atoms with E-state index in [1.165, 1.54) is 6.07 Å². The van der Waals surface area contributed by atoms with E-state index in [0.29, 0.717) is 11.6 Å². The predicted octanol–water partition coefficient (Wildman–Crippen LogP) is 2.85. The van der Waals surface area contributed by atoms with Crippen LogP contribution < -0.4 is 5.32 Å². The Morgan fingerprint density at radius 2 is 2.33 bits per heavy atom. The Bertz CT molecular complexity index is 561. The maximum absolute atomic E-state index is 14.0. The second-order valence-corrected chi connectivity index (χ2v) is 5.39. The van der Waals surface area contributed by atoms with E-state index in [-0.39, 0.29) is 5.82 Å². The Kier molecular flexibility index (Phi) is 3.18. The van der Waals surface area contributed by atoms with Crippen LogP contribution in [0, 0.1) is 5.82 Å². The Morgan fingerprint density at radius 1 is 1.44 bits per heavy atom. The summed E-state index contributed by atoms with van der Waals surface area (Å²) in [5.41, 5.74) is 1.62. The van der Waals surface area contributed by atoms with E-state index in [9.17, 15) is 4.39 Å². The van der Waals surface area contributed by atoms with Crippen LogP contribution >= 0.6 is 15.9 Å². The highest BCUT2D eigenvalue weighted by molar-refractivity contribution is 9.10. The molecule has 1 aromatic carbocycles.